The van der Waals surface area contributed by atoms with E-state index in [-0.39, 0.29) is 5.75 Å². The van der Waals surface area contributed by atoms with Gasteiger partial charge in [0.15, 0.2) is 0 Å². The quantitative estimate of drug-likeness (QED) is 0.708. The molecule has 0 amide bonds. The largest absolute Gasteiger partial charge is 0.508 e. The summed E-state index contributed by atoms with van der Waals surface area (Å²) in [5, 5.41) is 15.9. The fraction of sp³-hybridized carbons (Fsp3) is 0.0625. The fourth-order valence-electron chi connectivity index (χ4n) is 2.18. The third-order valence-electron chi connectivity index (χ3n) is 3.21. The topological polar surface area (TPSA) is 45.1 Å². The standard InChI is InChI=1S/C16H13ClN2O/c17-16-8-6-12(9-19-16)18-10-14-13-4-2-1-3-11(13)5-7-15(14)20/h1-9,18,20H,10H2. The molecule has 0 spiro atoms. The maximum absolute atomic E-state index is 10.1. The predicted molar refractivity (Wildman–Crippen MR) is 82.2 cm³/mol. The van der Waals surface area contributed by atoms with Gasteiger partial charge in [0, 0.05) is 12.1 Å². The first-order valence-electron chi connectivity index (χ1n) is 6.29. The summed E-state index contributed by atoms with van der Waals surface area (Å²) in [6, 6.07) is 15.2. The van der Waals surface area contributed by atoms with Crippen LogP contribution in [0, 0.1) is 0 Å². The fourth-order valence-corrected chi connectivity index (χ4v) is 2.29. The molecular formula is C16H13ClN2O. The average molecular weight is 285 g/mol. The highest BCUT2D eigenvalue weighted by Gasteiger charge is 2.06. The van der Waals surface area contributed by atoms with Gasteiger partial charge in [0.1, 0.15) is 10.9 Å². The van der Waals surface area contributed by atoms with Crippen molar-refractivity contribution in [3.8, 4) is 5.75 Å². The first-order valence-corrected chi connectivity index (χ1v) is 6.67. The van der Waals surface area contributed by atoms with Crippen LogP contribution in [0.5, 0.6) is 5.75 Å². The molecule has 0 unspecified atom stereocenters. The summed E-state index contributed by atoms with van der Waals surface area (Å²) in [7, 11) is 0. The molecule has 2 N–H and O–H groups in total. The van der Waals surface area contributed by atoms with Crippen LogP contribution >= 0.6 is 11.6 Å². The summed E-state index contributed by atoms with van der Waals surface area (Å²) < 4.78 is 0. The summed E-state index contributed by atoms with van der Waals surface area (Å²) in [6.45, 7) is 0.524. The van der Waals surface area contributed by atoms with E-state index in [0.29, 0.717) is 11.7 Å². The number of phenolic OH excluding ortho intramolecular Hbond substituents is 1. The molecule has 100 valence electrons. The second-order valence-electron chi connectivity index (χ2n) is 4.51. The second-order valence-corrected chi connectivity index (χ2v) is 4.89. The molecule has 1 aromatic heterocycles. The van der Waals surface area contributed by atoms with Crippen LogP contribution in [0.15, 0.2) is 54.7 Å². The van der Waals surface area contributed by atoms with E-state index in [0.717, 1.165) is 22.0 Å². The van der Waals surface area contributed by atoms with Crippen molar-refractivity contribution >= 4 is 28.1 Å². The molecule has 0 aliphatic rings. The number of hydrogen-bond donors (Lipinski definition) is 2. The number of hydrogen-bond acceptors (Lipinski definition) is 3. The molecule has 0 fully saturated rings. The van der Waals surface area contributed by atoms with Crippen molar-refractivity contribution in [2.24, 2.45) is 0 Å². The molecule has 0 radical (unpaired) electrons. The predicted octanol–water partition coefficient (Wildman–Crippen LogP) is 4.21. The van der Waals surface area contributed by atoms with Gasteiger partial charge in [-0.3, -0.25) is 0 Å². The Morgan fingerprint density at radius 3 is 2.70 bits per heavy atom. The number of phenols is 1. The lowest BCUT2D eigenvalue weighted by Gasteiger charge is -2.11. The van der Waals surface area contributed by atoms with Gasteiger partial charge in [0.05, 0.1) is 11.9 Å². The Labute approximate surface area is 121 Å². The van der Waals surface area contributed by atoms with Gasteiger partial charge in [-0.2, -0.15) is 0 Å². The molecular weight excluding hydrogens is 272 g/mol. The number of rotatable bonds is 3. The van der Waals surface area contributed by atoms with Gasteiger partial charge in [-0.1, -0.05) is 41.9 Å². The summed E-state index contributed by atoms with van der Waals surface area (Å²) in [5.74, 6) is 0.290. The molecule has 3 nitrogen and oxygen atoms in total. The van der Waals surface area contributed by atoms with Crippen molar-refractivity contribution in [2.45, 2.75) is 6.54 Å². The number of anilines is 1. The van der Waals surface area contributed by atoms with Crippen molar-refractivity contribution in [3.63, 3.8) is 0 Å². The summed E-state index contributed by atoms with van der Waals surface area (Å²) in [5.41, 5.74) is 1.74. The van der Waals surface area contributed by atoms with Crippen LogP contribution in [-0.2, 0) is 6.54 Å². The van der Waals surface area contributed by atoms with E-state index < -0.39 is 0 Å². The highest BCUT2D eigenvalue weighted by molar-refractivity contribution is 6.29. The number of aromatic hydroxyl groups is 1. The van der Waals surface area contributed by atoms with Gasteiger partial charge in [0.2, 0.25) is 0 Å². The Hall–Kier alpha value is -2.26. The number of halogens is 1. The van der Waals surface area contributed by atoms with Crippen LogP contribution in [0.2, 0.25) is 5.15 Å². The Morgan fingerprint density at radius 2 is 1.90 bits per heavy atom. The first-order chi connectivity index (χ1) is 9.74. The molecule has 0 aliphatic heterocycles. The Kier molecular flexibility index (Phi) is 3.44. The molecule has 0 saturated carbocycles. The van der Waals surface area contributed by atoms with Gasteiger partial charge < -0.3 is 10.4 Å². The van der Waals surface area contributed by atoms with E-state index in [1.165, 1.54) is 0 Å². The Bertz CT molecular complexity index is 741. The minimum atomic E-state index is 0.290. The third-order valence-corrected chi connectivity index (χ3v) is 3.44. The lowest BCUT2D eigenvalue weighted by Crippen LogP contribution is -2.01. The number of nitrogens with one attached hydrogen (secondary N) is 1. The second kappa shape index (κ2) is 5.39. The first kappa shape index (κ1) is 12.8. The van der Waals surface area contributed by atoms with Crippen LogP contribution in [0.3, 0.4) is 0 Å². The van der Waals surface area contributed by atoms with Gasteiger partial charge in [-0.15, -0.1) is 0 Å². The van der Waals surface area contributed by atoms with Crippen LogP contribution in [0.25, 0.3) is 10.8 Å². The van der Waals surface area contributed by atoms with Crippen LogP contribution in [0.1, 0.15) is 5.56 Å². The Balaban J connectivity index is 1.90. The molecule has 2 aromatic carbocycles. The lowest BCUT2D eigenvalue weighted by atomic mass is 10.0. The van der Waals surface area contributed by atoms with E-state index in [2.05, 4.69) is 10.3 Å². The van der Waals surface area contributed by atoms with E-state index in [9.17, 15) is 5.11 Å². The van der Waals surface area contributed by atoms with Crippen molar-refractivity contribution in [2.75, 3.05) is 5.32 Å². The third kappa shape index (κ3) is 2.53. The van der Waals surface area contributed by atoms with E-state index in [4.69, 9.17) is 11.6 Å². The summed E-state index contributed by atoms with van der Waals surface area (Å²) in [4.78, 5) is 4.02. The van der Waals surface area contributed by atoms with E-state index in [1.807, 2.05) is 36.4 Å². The zero-order valence-corrected chi connectivity index (χ0v) is 11.4. The average Bonchev–Trinajstić information content (AvgIpc) is 2.48. The molecule has 4 heteroatoms. The number of benzene rings is 2. The van der Waals surface area contributed by atoms with Crippen molar-refractivity contribution in [3.05, 3.63) is 65.4 Å². The minimum Gasteiger partial charge on any atom is -0.508 e. The van der Waals surface area contributed by atoms with Crippen molar-refractivity contribution < 1.29 is 5.11 Å². The highest BCUT2D eigenvalue weighted by atomic mass is 35.5. The van der Waals surface area contributed by atoms with E-state index in [1.54, 1.807) is 18.3 Å². The number of fused-ring (bicyclic) bond motifs is 1. The number of nitrogens with zero attached hydrogens (tertiary/aromatic N) is 1. The molecule has 0 atom stereocenters. The van der Waals surface area contributed by atoms with Crippen molar-refractivity contribution in [1.82, 2.24) is 4.98 Å². The highest BCUT2D eigenvalue weighted by Crippen LogP contribution is 2.27. The van der Waals surface area contributed by atoms with Crippen molar-refractivity contribution in [1.29, 1.82) is 0 Å². The lowest BCUT2D eigenvalue weighted by molar-refractivity contribution is 0.470. The Morgan fingerprint density at radius 1 is 1.05 bits per heavy atom. The summed E-state index contributed by atoms with van der Waals surface area (Å²) in [6.07, 6.45) is 1.67. The molecule has 20 heavy (non-hydrogen) atoms. The smallest absolute Gasteiger partial charge is 0.129 e. The zero-order valence-electron chi connectivity index (χ0n) is 10.7. The van der Waals surface area contributed by atoms with E-state index >= 15 is 0 Å². The maximum atomic E-state index is 10.1. The number of pyridine rings is 1. The maximum Gasteiger partial charge on any atom is 0.129 e. The molecule has 0 saturated heterocycles. The van der Waals surface area contributed by atoms with Gasteiger partial charge >= 0.3 is 0 Å². The van der Waals surface area contributed by atoms with Gasteiger partial charge in [-0.25, -0.2) is 4.98 Å². The minimum absolute atomic E-state index is 0.290. The van der Waals surface area contributed by atoms with Crippen LogP contribution in [-0.4, -0.2) is 10.1 Å². The SMILES string of the molecule is Oc1ccc2ccccc2c1CNc1ccc(Cl)nc1. The van der Waals surface area contributed by atoms with Crippen LogP contribution in [0.4, 0.5) is 5.69 Å². The number of aromatic nitrogens is 1. The van der Waals surface area contributed by atoms with Crippen LogP contribution < -0.4 is 5.32 Å². The summed E-state index contributed by atoms with van der Waals surface area (Å²) >= 11 is 5.75. The van der Waals surface area contributed by atoms with Gasteiger partial charge in [-0.05, 0) is 29.0 Å². The van der Waals surface area contributed by atoms with Gasteiger partial charge in [0.25, 0.3) is 0 Å². The molecule has 0 aliphatic carbocycles. The zero-order chi connectivity index (χ0) is 13.9. The molecule has 1 heterocycles. The normalized spacial score (nSPS) is 10.7. The molecule has 3 aromatic rings. The molecule has 3 rings (SSSR count). The monoisotopic (exact) mass is 284 g/mol. The molecule has 0 bridgehead atoms.